The van der Waals surface area contributed by atoms with Crippen LogP contribution in [0.2, 0.25) is 0 Å². The van der Waals surface area contributed by atoms with Gasteiger partial charge < -0.3 is 14.8 Å². The van der Waals surface area contributed by atoms with E-state index >= 15 is 0 Å². The Morgan fingerprint density at radius 3 is 2.25 bits per heavy atom. The molecule has 2 aromatic carbocycles. The summed E-state index contributed by atoms with van der Waals surface area (Å²) in [7, 11) is -1.71. The summed E-state index contributed by atoms with van der Waals surface area (Å²) >= 11 is 0. The Morgan fingerprint density at radius 1 is 1.05 bits per heavy atom. The molecule has 2 N–H and O–H groups in total. The lowest BCUT2D eigenvalue weighted by molar-refractivity contribution is -0.124. The van der Waals surface area contributed by atoms with Gasteiger partial charge in [-0.2, -0.15) is 21.5 Å². The van der Waals surface area contributed by atoms with Gasteiger partial charge in [-0.05, 0) is 54.3 Å². The molecule has 2 aromatic rings. The highest BCUT2D eigenvalue weighted by Gasteiger charge is 2.40. The smallest absolute Gasteiger partial charge is 0.387 e. The zero-order valence-electron chi connectivity index (χ0n) is 23.0. The number of nitrogens with zero attached hydrogens (tertiary/aromatic N) is 1. The minimum Gasteiger partial charge on any atom is -0.494 e. The number of unbranched alkanes of at least 4 members (excludes halogenated alkanes) is 3. The number of amides is 2. The fourth-order valence-electron chi connectivity index (χ4n) is 4.33. The third-order valence-electron chi connectivity index (χ3n) is 6.56. The molecule has 2 amide bonds. The van der Waals surface area contributed by atoms with Crippen molar-refractivity contribution >= 4 is 27.6 Å². The van der Waals surface area contributed by atoms with E-state index in [0.29, 0.717) is 17.9 Å². The summed E-state index contributed by atoms with van der Waals surface area (Å²) in [6.45, 7) is 1.50. The maximum absolute atomic E-state index is 13.4. The molecule has 0 bridgehead atoms. The van der Waals surface area contributed by atoms with E-state index in [1.807, 2.05) is 16.9 Å². The molecule has 0 unspecified atom stereocenters. The summed E-state index contributed by atoms with van der Waals surface area (Å²) in [5.41, 5.74) is -0.0131. The van der Waals surface area contributed by atoms with Crippen LogP contribution in [-0.2, 0) is 25.3 Å². The predicted octanol–water partition coefficient (Wildman–Crippen LogP) is 4.36. The quantitative estimate of drug-likeness (QED) is 0.269. The second-order valence-corrected chi connectivity index (χ2v) is 11.8. The number of ether oxygens (including phenoxy) is 2. The van der Waals surface area contributed by atoms with Gasteiger partial charge in [-0.25, -0.2) is 4.72 Å². The number of hydrogen-bond donors (Lipinski definition) is 2. The molecule has 9 nitrogen and oxygen atoms in total. The number of halogens is 2. The standard InChI is InChI=1S/C28H35F2N3O6S/c1-5-6-7-8-17-38-21-15-11-20(12-16-21)28(2)18-23(19-9-13-22(14-10-19)39-27(29)30)24(25(34)31-28)26(35)32-40(36,37)33(3)4/h9-16,27H,5-8,17-18H2,1-4H3,(H,31,34)(H,32,35)/t28-/m0/s1. The van der Waals surface area contributed by atoms with Gasteiger partial charge in [-0.15, -0.1) is 0 Å². The van der Waals surface area contributed by atoms with Crippen molar-refractivity contribution in [1.82, 2.24) is 14.3 Å². The van der Waals surface area contributed by atoms with Crippen LogP contribution in [0.3, 0.4) is 0 Å². The third-order valence-corrected chi connectivity index (χ3v) is 7.97. The highest BCUT2D eigenvalue weighted by atomic mass is 32.2. The maximum Gasteiger partial charge on any atom is 0.387 e. The number of hydrogen-bond acceptors (Lipinski definition) is 6. The average Bonchev–Trinajstić information content (AvgIpc) is 2.88. The molecule has 0 saturated carbocycles. The zero-order chi connectivity index (χ0) is 29.5. The normalized spacial score (nSPS) is 17.6. The second-order valence-electron chi connectivity index (χ2n) is 9.87. The van der Waals surface area contributed by atoms with Gasteiger partial charge in [-0.1, -0.05) is 50.5 Å². The number of nitrogens with one attached hydrogen (secondary N) is 2. The van der Waals surface area contributed by atoms with Crippen molar-refractivity contribution in [2.45, 2.75) is 58.1 Å². The Bertz CT molecular complexity index is 1330. The van der Waals surface area contributed by atoms with Gasteiger partial charge in [0.1, 0.15) is 17.1 Å². The molecular weight excluding hydrogens is 544 g/mol. The molecule has 1 heterocycles. The Kier molecular flexibility index (Phi) is 10.3. The van der Waals surface area contributed by atoms with Crippen molar-refractivity contribution in [1.29, 1.82) is 0 Å². The summed E-state index contributed by atoms with van der Waals surface area (Å²) in [5.74, 6) is -1.30. The molecule has 0 aromatic heterocycles. The zero-order valence-corrected chi connectivity index (χ0v) is 23.8. The minimum atomic E-state index is -4.19. The first kappa shape index (κ1) is 31.0. The lowest BCUT2D eigenvalue weighted by Gasteiger charge is -2.37. The van der Waals surface area contributed by atoms with E-state index in [4.69, 9.17) is 4.74 Å². The predicted molar refractivity (Wildman–Crippen MR) is 147 cm³/mol. The molecule has 0 saturated heterocycles. The molecule has 0 spiro atoms. The first-order chi connectivity index (χ1) is 18.9. The van der Waals surface area contributed by atoms with Crippen LogP contribution in [0.5, 0.6) is 11.5 Å². The van der Waals surface area contributed by atoms with E-state index in [1.54, 1.807) is 19.1 Å². The Morgan fingerprint density at radius 2 is 1.68 bits per heavy atom. The van der Waals surface area contributed by atoms with E-state index in [9.17, 15) is 26.8 Å². The fourth-order valence-corrected chi connectivity index (χ4v) is 4.85. The number of benzene rings is 2. The van der Waals surface area contributed by atoms with Gasteiger partial charge in [0, 0.05) is 20.5 Å². The number of carbonyl (C=O) groups is 2. The fraction of sp³-hybridized carbons (Fsp3) is 0.429. The molecule has 1 aliphatic heterocycles. The highest BCUT2D eigenvalue weighted by Crippen LogP contribution is 2.39. The van der Waals surface area contributed by atoms with E-state index in [1.165, 1.54) is 38.4 Å². The van der Waals surface area contributed by atoms with Crippen molar-refractivity contribution in [3.8, 4) is 11.5 Å². The van der Waals surface area contributed by atoms with Crippen LogP contribution in [0.15, 0.2) is 54.1 Å². The first-order valence-corrected chi connectivity index (χ1v) is 14.4. The van der Waals surface area contributed by atoms with Gasteiger partial charge in [0.25, 0.3) is 11.8 Å². The largest absolute Gasteiger partial charge is 0.494 e. The van der Waals surface area contributed by atoms with Crippen molar-refractivity contribution in [3.63, 3.8) is 0 Å². The van der Waals surface area contributed by atoms with Gasteiger partial charge in [0.15, 0.2) is 0 Å². The molecule has 218 valence electrons. The third kappa shape index (κ3) is 7.79. The van der Waals surface area contributed by atoms with E-state index < -0.39 is 39.7 Å². The van der Waals surface area contributed by atoms with Crippen LogP contribution >= 0.6 is 0 Å². The van der Waals surface area contributed by atoms with Gasteiger partial charge in [0.2, 0.25) is 0 Å². The van der Waals surface area contributed by atoms with Crippen LogP contribution in [0.1, 0.15) is 57.1 Å². The van der Waals surface area contributed by atoms with Crippen LogP contribution in [-0.4, -0.2) is 51.9 Å². The number of carbonyl (C=O) groups excluding carboxylic acids is 2. The van der Waals surface area contributed by atoms with Gasteiger partial charge in [-0.3, -0.25) is 9.59 Å². The van der Waals surface area contributed by atoms with E-state index in [0.717, 1.165) is 35.6 Å². The van der Waals surface area contributed by atoms with Gasteiger partial charge >= 0.3 is 16.8 Å². The number of rotatable bonds is 13. The van der Waals surface area contributed by atoms with Crippen LogP contribution in [0, 0.1) is 0 Å². The number of alkyl halides is 2. The molecule has 0 aliphatic carbocycles. The van der Waals surface area contributed by atoms with Crippen LogP contribution in [0.4, 0.5) is 8.78 Å². The van der Waals surface area contributed by atoms with Crippen LogP contribution in [0.25, 0.3) is 5.57 Å². The highest BCUT2D eigenvalue weighted by molar-refractivity contribution is 7.87. The first-order valence-electron chi connectivity index (χ1n) is 12.9. The molecule has 0 fully saturated rings. The SMILES string of the molecule is CCCCCCOc1ccc([C@]2(C)CC(c3ccc(OC(F)F)cc3)=C(C(=O)NS(=O)(=O)N(C)C)C(=O)N2)cc1. The van der Waals surface area contributed by atoms with Crippen molar-refractivity contribution < 1.29 is 36.3 Å². The molecule has 0 radical (unpaired) electrons. The summed E-state index contributed by atoms with van der Waals surface area (Å²) in [5, 5.41) is 2.85. The minimum absolute atomic E-state index is 0.103. The molecule has 3 rings (SSSR count). The topological polar surface area (TPSA) is 114 Å². The summed E-state index contributed by atoms with van der Waals surface area (Å²) in [4.78, 5) is 26.5. The molecular formula is C28H35F2N3O6S. The lowest BCUT2D eigenvalue weighted by Crippen LogP contribution is -2.51. The summed E-state index contributed by atoms with van der Waals surface area (Å²) in [6, 6.07) is 12.7. The van der Waals surface area contributed by atoms with Crippen molar-refractivity contribution in [2.75, 3.05) is 20.7 Å². The van der Waals surface area contributed by atoms with Crippen molar-refractivity contribution in [2.24, 2.45) is 0 Å². The summed E-state index contributed by atoms with van der Waals surface area (Å²) < 4.78 is 62.9. The van der Waals surface area contributed by atoms with E-state index in [-0.39, 0.29) is 17.7 Å². The van der Waals surface area contributed by atoms with E-state index in [2.05, 4.69) is 17.0 Å². The Balaban J connectivity index is 1.95. The lowest BCUT2D eigenvalue weighted by atomic mass is 9.78. The molecule has 1 atom stereocenters. The van der Waals surface area contributed by atoms with Gasteiger partial charge in [0.05, 0.1) is 12.1 Å². The Hall–Kier alpha value is -3.51. The average molecular weight is 580 g/mol. The molecule has 40 heavy (non-hydrogen) atoms. The molecule has 12 heteroatoms. The summed E-state index contributed by atoms with van der Waals surface area (Å²) in [6.07, 6.45) is 4.44. The maximum atomic E-state index is 13.4. The Labute approximate surface area is 233 Å². The monoisotopic (exact) mass is 579 g/mol. The molecule has 1 aliphatic rings. The van der Waals surface area contributed by atoms with Crippen molar-refractivity contribution in [3.05, 3.63) is 65.2 Å². The van der Waals surface area contributed by atoms with Crippen LogP contribution < -0.4 is 19.5 Å². The second kappa shape index (κ2) is 13.2.